The van der Waals surface area contributed by atoms with Crippen LogP contribution in [0, 0.1) is 17.8 Å². The van der Waals surface area contributed by atoms with Gasteiger partial charge in [0.05, 0.1) is 11.0 Å². The van der Waals surface area contributed by atoms with Gasteiger partial charge in [-0.1, -0.05) is 36.6 Å². The van der Waals surface area contributed by atoms with Gasteiger partial charge in [-0.15, -0.1) is 0 Å². The van der Waals surface area contributed by atoms with Crippen molar-refractivity contribution in [3.63, 3.8) is 0 Å². The summed E-state index contributed by atoms with van der Waals surface area (Å²) in [5.41, 5.74) is 2.46. The van der Waals surface area contributed by atoms with Gasteiger partial charge in [0.1, 0.15) is 6.21 Å². The van der Waals surface area contributed by atoms with Crippen LogP contribution in [0.4, 0.5) is 0 Å². The second-order valence-corrected chi connectivity index (χ2v) is 12.1. The Morgan fingerprint density at radius 2 is 1.77 bits per heavy atom. The average molecular weight is 477 g/mol. The van der Waals surface area contributed by atoms with E-state index in [1.54, 1.807) is 6.21 Å². The fourth-order valence-electron chi connectivity index (χ4n) is 9.12. The summed E-state index contributed by atoms with van der Waals surface area (Å²) in [7, 11) is 0. The van der Waals surface area contributed by atoms with E-state index < -0.39 is 12.6 Å². The van der Waals surface area contributed by atoms with Gasteiger partial charge in [-0.2, -0.15) is 0 Å². The molecule has 0 radical (unpaired) electrons. The molecule has 186 valence electrons. The molecule has 5 bridgehead atoms. The van der Waals surface area contributed by atoms with Gasteiger partial charge < -0.3 is 14.5 Å². The smallest absolute Gasteiger partial charge is 0.344 e. The Kier molecular flexibility index (Phi) is 5.19. The monoisotopic (exact) mass is 476 g/mol. The first kappa shape index (κ1) is 21.8. The molecule has 6 fully saturated rings. The Morgan fingerprint density at radius 1 is 1.03 bits per heavy atom. The fourth-order valence-corrected chi connectivity index (χ4v) is 9.12. The van der Waals surface area contributed by atoms with Crippen LogP contribution in [0.25, 0.3) is 11.0 Å². The van der Waals surface area contributed by atoms with E-state index in [4.69, 9.17) is 14.9 Å². The SMILES string of the molecule is O=C(O)CO/N=C/c1nc2ccccc2n1C1C[C@H]2CC3CC(C3)(C1)N2C1C[C@H]2CCC[C@@H](C1)C2. The molecule has 4 heterocycles. The lowest BCUT2D eigenvalue weighted by molar-refractivity contribution is -0.184. The molecule has 0 amide bonds. The van der Waals surface area contributed by atoms with Crippen LogP contribution >= 0.6 is 0 Å². The molecular formula is C28H36N4O3. The zero-order valence-electron chi connectivity index (χ0n) is 20.4. The minimum Gasteiger partial charge on any atom is -0.479 e. The van der Waals surface area contributed by atoms with Gasteiger partial charge in [-0.3, -0.25) is 4.90 Å². The molecule has 3 saturated carbocycles. The number of hydrogen-bond donors (Lipinski definition) is 1. The number of piperidine rings is 3. The first-order chi connectivity index (χ1) is 17.1. The molecule has 7 heteroatoms. The third-order valence-corrected chi connectivity index (χ3v) is 9.96. The predicted molar refractivity (Wildman–Crippen MR) is 133 cm³/mol. The molecule has 7 nitrogen and oxygen atoms in total. The van der Waals surface area contributed by atoms with Crippen LogP contribution in [0.3, 0.4) is 0 Å². The number of benzene rings is 1. The third kappa shape index (κ3) is 3.69. The van der Waals surface area contributed by atoms with Crippen molar-refractivity contribution in [1.82, 2.24) is 14.5 Å². The van der Waals surface area contributed by atoms with Gasteiger partial charge in [0.2, 0.25) is 6.61 Å². The molecule has 1 N–H and O–H groups in total. The number of carboxylic acid groups (broad SMARTS) is 1. The normalized spacial score (nSPS) is 38.4. The molecule has 1 aromatic heterocycles. The number of carboxylic acids is 1. The van der Waals surface area contributed by atoms with Gasteiger partial charge in [-0.25, -0.2) is 9.78 Å². The summed E-state index contributed by atoms with van der Waals surface area (Å²) >= 11 is 0. The zero-order valence-corrected chi connectivity index (χ0v) is 20.4. The molecule has 2 aromatic rings. The Balaban J connectivity index is 1.19. The molecule has 3 aliphatic heterocycles. The number of hydrogen-bond acceptors (Lipinski definition) is 5. The number of oxime groups is 1. The number of imidazole rings is 1. The first-order valence-electron chi connectivity index (χ1n) is 13.7. The van der Waals surface area contributed by atoms with Crippen LogP contribution in [0.15, 0.2) is 29.4 Å². The molecule has 35 heavy (non-hydrogen) atoms. The fraction of sp³-hybridized carbons (Fsp3) is 0.679. The quantitative estimate of drug-likeness (QED) is 0.469. The van der Waals surface area contributed by atoms with Crippen molar-refractivity contribution in [1.29, 1.82) is 0 Å². The minimum absolute atomic E-state index is 0.354. The highest BCUT2D eigenvalue weighted by atomic mass is 16.6. The van der Waals surface area contributed by atoms with Crippen molar-refractivity contribution < 1.29 is 14.7 Å². The van der Waals surface area contributed by atoms with Gasteiger partial charge in [0, 0.05) is 23.7 Å². The van der Waals surface area contributed by atoms with E-state index in [2.05, 4.69) is 32.8 Å². The Labute approximate surface area is 206 Å². The molecule has 1 aromatic carbocycles. The van der Waals surface area contributed by atoms with Gasteiger partial charge in [-0.05, 0) is 81.3 Å². The molecular weight excluding hydrogens is 440 g/mol. The number of aromatic nitrogens is 2. The Morgan fingerprint density at radius 3 is 2.54 bits per heavy atom. The molecule has 3 aliphatic carbocycles. The lowest BCUT2D eigenvalue weighted by atomic mass is 9.53. The zero-order chi connectivity index (χ0) is 23.6. The summed E-state index contributed by atoms with van der Waals surface area (Å²) in [6.07, 6.45) is 16.7. The van der Waals surface area contributed by atoms with E-state index >= 15 is 0 Å². The number of aliphatic carboxylic acids is 1. The minimum atomic E-state index is -1.03. The van der Waals surface area contributed by atoms with Crippen molar-refractivity contribution in [3.8, 4) is 0 Å². The Bertz CT molecular complexity index is 1140. The number of fused-ring (bicyclic) bond motifs is 3. The number of para-hydroxylation sites is 2. The van der Waals surface area contributed by atoms with Crippen molar-refractivity contribution in [2.24, 2.45) is 22.9 Å². The maximum atomic E-state index is 10.8. The maximum Gasteiger partial charge on any atom is 0.344 e. The largest absolute Gasteiger partial charge is 0.479 e. The number of nitrogens with zero attached hydrogens (tertiary/aromatic N) is 4. The van der Waals surface area contributed by atoms with Crippen LogP contribution in [0.5, 0.6) is 0 Å². The van der Waals surface area contributed by atoms with Crippen LogP contribution in [-0.4, -0.2) is 56.0 Å². The Hall–Kier alpha value is -2.41. The van der Waals surface area contributed by atoms with E-state index in [0.29, 0.717) is 17.6 Å². The first-order valence-corrected chi connectivity index (χ1v) is 13.7. The second kappa shape index (κ2) is 8.32. The lowest BCUT2D eigenvalue weighted by Gasteiger charge is -2.69. The summed E-state index contributed by atoms with van der Waals surface area (Å²) in [4.78, 5) is 23.7. The molecule has 8 rings (SSSR count). The van der Waals surface area contributed by atoms with E-state index in [0.717, 1.165) is 40.7 Å². The molecule has 1 spiro atoms. The standard InChI is InChI=1S/C28H36N4O3/c33-27(34)17-35-29-16-26-30-24-6-1-2-7-25(24)31(26)23-12-22-11-20-13-28(14-20,15-23)32(22)21-9-18-4-3-5-19(8-18)10-21/h1-2,6-7,16,18-23H,3-5,8-15,17H2,(H,33,34)/b29-16+/t18-,19+,20?,21?,22-,23?,28?/m1/s1. The maximum absolute atomic E-state index is 10.8. The molecule has 5 atom stereocenters. The van der Waals surface area contributed by atoms with Crippen molar-refractivity contribution in [3.05, 3.63) is 30.1 Å². The van der Waals surface area contributed by atoms with Gasteiger partial charge in [0.25, 0.3) is 0 Å². The highest BCUT2D eigenvalue weighted by Gasteiger charge is 2.61. The van der Waals surface area contributed by atoms with E-state index in [9.17, 15) is 4.79 Å². The van der Waals surface area contributed by atoms with Crippen LogP contribution in [0.1, 0.15) is 82.5 Å². The average Bonchev–Trinajstić information content (AvgIpc) is 3.18. The second-order valence-electron chi connectivity index (χ2n) is 12.1. The molecule has 6 aliphatic rings. The molecule has 3 saturated heterocycles. The van der Waals surface area contributed by atoms with Crippen LogP contribution < -0.4 is 0 Å². The number of carbonyl (C=O) groups is 1. The van der Waals surface area contributed by atoms with E-state index in [-0.39, 0.29) is 0 Å². The van der Waals surface area contributed by atoms with Crippen molar-refractivity contribution >= 4 is 23.2 Å². The highest BCUT2D eigenvalue weighted by molar-refractivity contribution is 5.85. The van der Waals surface area contributed by atoms with Crippen molar-refractivity contribution in [2.45, 2.75) is 94.3 Å². The van der Waals surface area contributed by atoms with E-state index in [1.165, 1.54) is 70.6 Å². The van der Waals surface area contributed by atoms with Crippen LogP contribution in [-0.2, 0) is 9.63 Å². The summed E-state index contributed by atoms with van der Waals surface area (Å²) < 4.78 is 2.38. The van der Waals surface area contributed by atoms with Gasteiger partial charge >= 0.3 is 5.97 Å². The van der Waals surface area contributed by atoms with E-state index in [1.807, 2.05) is 6.07 Å². The molecule has 2 unspecified atom stereocenters. The summed E-state index contributed by atoms with van der Waals surface area (Å²) in [6, 6.07) is 10.1. The highest BCUT2D eigenvalue weighted by Crippen LogP contribution is 2.61. The topological polar surface area (TPSA) is 80.0 Å². The van der Waals surface area contributed by atoms with Crippen molar-refractivity contribution in [2.75, 3.05) is 6.61 Å². The third-order valence-electron chi connectivity index (χ3n) is 9.96. The van der Waals surface area contributed by atoms with Crippen LogP contribution in [0.2, 0.25) is 0 Å². The predicted octanol–water partition coefficient (Wildman–Crippen LogP) is 5.00. The number of rotatable bonds is 6. The summed E-state index contributed by atoms with van der Waals surface area (Å²) in [5.74, 6) is 2.59. The van der Waals surface area contributed by atoms with Gasteiger partial charge in [0.15, 0.2) is 5.82 Å². The summed E-state index contributed by atoms with van der Waals surface area (Å²) in [6.45, 7) is -0.439. The summed E-state index contributed by atoms with van der Waals surface area (Å²) in [5, 5.41) is 12.8. The lowest BCUT2D eigenvalue weighted by Crippen LogP contribution is -2.72.